The maximum Gasteiger partial charge on any atom is 0.171 e. The Labute approximate surface area is 94.4 Å². The smallest absolute Gasteiger partial charge is 0.171 e. The normalized spacial score (nSPS) is 23.2. The highest BCUT2D eigenvalue weighted by molar-refractivity contribution is 7.91. The van der Waals surface area contributed by atoms with E-state index in [2.05, 4.69) is 9.97 Å². The molecular formula is C9H14N4O2S. The van der Waals surface area contributed by atoms with Gasteiger partial charge in [-0.2, -0.15) is 0 Å². The van der Waals surface area contributed by atoms with E-state index in [9.17, 15) is 8.42 Å². The first-order chi connectivity index (χ1) is 7.49. The monoisotopic (exact) mass is 242 g/mol. The molecule has 1 aliphatic rings. The molecule has 2 rings (SSSR count). The van der Waals surface area contributed by atoms with E-state index in [4.69, 9.17) is 5.73 Å². The summed E-state index contributed by atoms with van der Waals surface area (Å²) in [6.07, 6.45) is 3.68. The highest BCUT2D eigenvalue weighted by Gasteiger charge is 2.31. The summed E-state index contributed by atoms with van der Waals surface area (Å²) >= 11 is 0. The number of sulfone groups is 1. The van der Waals surface area contributed by atoms with Crippen LogP contribution in [-0.4, -0.2) is 43.0 Å². The van der Waals surface area contributed by atoms with E-state index < -0.39 is 9.84 Å². The zero-order chi connectivity index (χ0) is 11.8. The Morgan fingerprint density at radius 3 is 2.69 bits per heavy atom. The van der Waals surface area contributed by atoms with Gasteiger partial charge in [-0.3, -0.25) is 0 Å². The summed E-state index contributed by atoms with van der Waals surface area (Å²) in [5.41, 5.74) is 5.69. The van der Waals surface area contributed by atoms with Crippen LogP contribution in [0.1, 0.15) is 6.42 Å². The number of anilines is 2. The van der Waals surface area contributed by atoms with Crippen molar-refractivity contribution in [2.75, 3.05) is 29.2 Å². The Kier molecular flexibility index (Phi) is 2.71. The van der Waals surface area contributed by atoms with Gasteiger partial charge in [0.25, 0.3) is 0 Å². The lowest BCUT2D eigenvalue weighted by molar-refractivity contribution is 0.600. The Morgan fingerprint density at radius 1 is 1.44 bits per heavy atom. The van der Waals surface area contributed by atoms with E-state index in [1.165, 1.54) is 6.20 Å². The molecule has 0 aliphatic carbocycles. The van der Waals surface area contributed by atoms with Crippen molar-refractivity contribution in [1.29, 1.82) is 0 Å². The number of aromatic nitrogens is 2. The van der Waals surface area contributed by atoms with Gasteiger partial charge >= 0.3 is 0 Å². The minimum atomic E-state index is -2.89. The maximum atomic E-state index is 11.4. The second-order valence-corrected chi connectivity index (χ2v) is 6.16. The fourth-order valence-corrected chi connectivity index (χ4v) is 3.64. The lowest BCUT2D eigenvalue weighted by atomic mass is 10.2. The van der Waals surface area contributed by atoms with Crippen molar-refractivity contribution in [1.82, 2.24) is 9.97 Å². The van der Waals surface area contributed by atoms with Crippen molar-refractivity contribution in [3.8, 4) is 0 Å². The summed E-state index contributed by atoms with van der Waals surface area (Å²) in [6.45, 7) is 0. The molecule has 0 saturated carbocycles. The summed E-state index contributed by atoms with van der Waals surface area (Å²) in [7, 11) is -1.09. The Balaban J connectivity index is 2.21. The molecule has 0 amide bonds. The average Bonchev–Trinajstić information content (AvgIpc) is 2.59. The van der Waals surface area contributed by atoms with Gasteiger partial charge in [0.1, 0.15) is 0 Å². The van der Waals surface area contributed by atoms with Crippen LogP contribution in [0.3, 0.4) is 0 Å². The number of hydrogen-bond donors (Lipinski definition) is 1. The molecule has 0 aromatic carbocycles. The average molecular weight is 242 g/mol. The molecule has 88 valence electrons. The van der Waals surface area contributed by atoms with Crippen LogP contribution in [0.5, 0.6) is 0 Å². The van der Waals surface area contributed by atoms with Gasteiger partial charge in [-0.05, 0) is 6.42 Å². The quantitative estimate of drug-likeness (QED) is 0.764. The molecule has 1 saturated heterocycles. The van der Waals surface area contributed by atoms with E-state index in [1.807, 2.05) is 0 Å². The van der Waals surface area contributed by atoms with E-state index in [-0.39, 0.29) is 17.5 Å². The lowest BCUT2D eigenvalue weighted by Gasteiger charge is -2.24. The van der Waals surface area contributed by atoms with E-state index in [1.54, 1.807) is 18.1 Å². The van der Waals surface area contributed by atoms with E-state index in [0.29, 0.717) is 18.1 Å². The molecule has 1 fully saturated rings. The van der Waals surface area contributed by atoms with Crippen LogP contribution in [0.2, 0.25) is 0 Å². The SMILES string of the molecule is CN(c1nccnc1N)C1CCS(=O)(=O)C1. The third-order valence-electron chi connectivity index (χ3n) is 2.80. The van der Waals surface area contributed by atoms with Gasteiger partial charge < -0.3 is 10.6 Å². The molecule has 1 unspecified atom stereocenters. The number of nitrogens with two attached hydrogens (primary N) is 1. The standard InChI is InChI=1S/C9H14N4O2S/c1-13(7-2-5-16(14,15)6-7)9-8(10)11-3-4-12-9/h3-4,7H,2,5-6H2,1H3,(H2,10,11). The van der Waals surface area contributed by atoms with Crippen LogP contribution < -0.4 is 10.6 Å². The van der Waals surface area contributed by atoms with Gasteiger partial charge in [-0.1, -0.05) is 0 Å². The van der Waals surface area contributed by atoms with Crippen molar-refractivity contribution < 1.29 is 8.42 Å². The Bertz CT molecular complexity index is 488. The highest BCUT2D eigenvalue weighted by Crippen LogP contribution is 2.23. The second kappa shape index (κ2) is 3.89. The fourth-order valence-electron chi connectivity index (χ4n) is 1.87. The van der Waals surface area contributed by atoms with Gasteiger partial charge in [0.15, 0.2) is 21.5 Å². The number of hydrogen-bond acceptors (Lipinski definition) is 6. The fraction of sp³-hybridized carbons (Fsp3) is 0.556. The first kappa shape index (κ1) is 11.1. The molecule has 6 nitrogen and oxygen atoms in total. The zero-order valence-corrected chi connectivity index (χ0v) is 9.81. The zero-order valence-electron chi connectivity index (χ0n) is 9.00. The molecule has 2 heterocycles. The van der Waals surface area contributed by atoms with Crippen LogP contribution >= 0.6 is 0 Å². The Hall–Kier alpha value is -1.37. The van der Waals surface area contributed by atoms with Gasteiger partial charge in [-0.25, -0.2) is 18.4 Å². The first-order valence-electron chi connectivity index (χ1n) is 4.99. The predicted octanol–water partition coefficient (Wildman–Crippen LogP) is -0.318. The summed E-state index contributed by atoms with van der Waals surface area (Å²) in [5.74, 6) is 1.28. The molecule has 0 radical (unpaired) electrons. The van der Waals surface area contributed by atoms with Crippen molar-refractivity contribution in [3.63, 3.8) is 0 Å². The summed E-state index contributed by atoms with van der Waals surface area (Å²) in [6, 6.07) is -0.0519. The van der Waals surface area contributed by atoms with E-state index >= 15 is 0 Å². The number of nitrogen functional groups attached to an aromatic ring is 1. The van der Waals surface area contributed by atoms with Crippen LogP contribution in [-0.2, 0) is 9.84 Å². The van der Waals surface area contributed by atoms with Crippen molar-refractivity contribution >= 4 is 21.5 Å². The van der Waals surface area contributed by atoms with Gasteiger partial charge in [0, 0.05) is 25.5 Å². The molecule has 0 spiro atoms. The van der Waals surface area contributed by atoms with Crippen molar-refractivity contribution in [2.24, 2.45) is 0 Å². The number of nitrogens with zero attached hydrogens (tertiary/aromatic N) is 3. The molecule has 7 heteroatoms. The topological polar surface area (TPSA) is 89.2 Å². The molecule has 1 atom stereocenters. The second-order valence-electron chi connectivity index (χ2n) is 3.93. The predicted molar refractivity (Wildman–Crippen MR) is 61.9 cm³/mol. The third-order valence-corrected chi connectivity index (χ3v) is 4.55. The van der Waals surface area contributed by atoms with Crippen LogP contribution in [0.15, 0.2) is 12.4 Å². The molecule has 1 aliphatic heterocycles. The molecule has 0 bridgehead atoms. The molecule has 1 aromatic heterocycles. The van der Waals surface area contributed by atoms with Crippen LogP contribution in [0.4, 0.5) is 11.6 Å². The third kappa shape index (κ3) is 2.08. The van der Waals surface area contributed by atoms with E-state index in [0.717, 1.165) is 0 Å². The van der Waals surface area contributed by atoms with Crippen LogP contribution in [0, 0.1) is 0 Å². The first-order valence-corrected chi connectivity index (χ1v) is 6.81. The molecular weight excluding hydrogens is 228 g/mol. The summed E-state index contributed by atoms with van der Waals surface area (Å²) in [5, 5.41) is 0. The maximum absolute atomic E-state index is 11.4. The minimum Gasteiger partial charge on any atom is -0.381 e. The molecule has 16 heavy (non-hydrogen) atoms. The van der Waals surface area contributed by atoms with Gasteiger partial charge in [0.05, 0.1) is 11.5 Å². The summed E-state index contributed by atoms with van der Waals surface area (Å²) in [4.78, 5) is 9.84. The van der Waals surface area contributed by atoms with Crippen molar-refractivity contribution in [3.05, 3.63) is 12.4 Å². The molecule has 1 aromatic rings. The molecule has 2 N–H and O–H groups in total. The van der Waals surface area contributed by atoms with Gasteiger partial charge in [-0.15, -0.1) is 0 Å². The Morgan fingerprint density at radius 2 is 2.12 bits per heavy atom. The van der Waals surface area contributed by atoms with Gasteiger partial charge in [0.2, 0.25) is 0 Å². The minimum absolute atomic E-state index is 0.0519. The number of rotatable bonds is 2. The van der Waals surface area contributed by atoms with Crippen molar-refractivity contribution in [2.45, 2.75) is 12.5 Å². The highest BCUT2D eigenvalue weighted by atomic mass is 32.2. The summed E-state index contributed by atoms with van der Waals surface area (Å²) < 4.78 is 22.7. The lowest BCUT2D eigenvalue weighted by Crippen LogP contribution is -2.33. The van der Waals surface area contributed by atoms with Crippen LogP contribution in [0.25, 0.3) is 0 Å². The largest absolute Gasteiger partial charge is 0.381 e.